The Morgan fingerprint density at radius 1 is 1.25 bits per heavy atom. The zero-order chi connectivity index (χ0) is 14.5. The number of likely N-dealkylation sites (N-methyl/N-ethyl adjacent to an activating group) is 1. The molecule has 2 N–H and O–H groups in total. The minimum absolute atomic E-state index is 0.294. The Labute approximate surface area is 123 Å². The number of rotatable bonds is 4. The lowest BCUT2D eigenvalue weighted by molar-refractivity contribution is -0.134. The molecule has 2 atom stereocenters. The van der Waals surface area contributed by atoms with Gasteiger partial charge in [-0.15, -0.1) is 0 Å². The average molecular weight is 281 g/mol. The average Bonchev–Trinajstić information content (AvgIpc) is 2.49. The molecule has 4 heteroatoms. The zero-order valence-corrected chi connectivity index (χ0v) is 13.2. The van der Waals surface area contributed by atoms with Gasteiger partial charge in [-0.1, -0.05) is 32.6 Å². The lowest BCUT2D eigenvalue weighted by Crippen LogP contribution is -2.51. The molecule has 2 unspecified atom stereocenters. The number of likely N-dealkylation sites (tertiary alicyclic amines) is 1. The predicted octanol–water partition coefficient (Wildman–Crippen LogP) is 1.84. The van der Waals surface area contributed by atoms with Crippen LogP contribution in [0.3, 0.4) is 0 Å². The number of hydrogen-bond acceptors (Lipinski definition) is 3. The van der Waals surface area contributed by atoms with E-state index >= 15 is 0 Å². The molecule has 1 saturated carbocycles. The highest BCUT2D eigenvalue weighted by Gasteiger charge is 2.28. The molecule has 0 spiro atoms. The molecule has 0 bridgehead atoms. The van der Waals surface area contributed by atoms with Crippen LogP contribution in [0.5, 0.6) is 0 Å². The van der Waals surface area contributed by atoms with E-state index in [0.717, 1.165) is 25.9 Å². The summed E-state index contributed by atoms with van der Waals surface area (Å²) in [5.41, 5.74) is 6.14. The van der Waals surface area contributed by atoms with Crippen molar-refractivity contribution in [1.82, 2.24) is 9.80 Å². The van der Waals surface area contributed by atoms with Crippen molar-refractivity contribution in [3.05, 3.63) is 0 Å². The fourth-order valence-corrected chi connectivity index (χ4v) is 3.68. The molecule has 1 saturated heterocycles. The summed E-state index contributed by atoms with van der Waals surface area (Å²) in [4.78, 5) is 16.8. The monoisotopic (exact) mass is 281 g/mol. The van der Waals surface area contributed by atoms with E-state index in [-0.39, 0.29) is 0 Å². The highest BCUT2D eigenvalue weighted by Crippen LogP contribution is 2.22. The van der Waals surface area contributed by atoms with Crippen LogP contribution in [-0.2, 0) is 4.79 Å². The van der Waals surface area contributed by atoms with E-state index in [1.54, 1.807) is 0 Å². The van der Waals surface area contributed by atoms with E-state index in [1.165, 1.54) is 32.1 Å². The van der Waals surface area contributed by atoms with Gasteiger partial charge in [0.1, 0.15) is 0 Å². The third-order valence-corrected chi connectivity index (χ3v) is 5.28. The van der Waals surface area contributed by atoms with Crippen molar-refractivity contribution in [3.63, 3.8) is 0 Å². The van der Waals surface area contributed by atoms with Gasteiger partial charge in [-0.2, -0.15) is 0 Å². The van der Waals surface area contributed by atoms with Crippen LogP contribution < -0.4 is 5.73 Å². The van der Waals surface area contributed by atoms with Crippen molar-refractivity contribution in [3.8, 4) is 0 Å². The molecule has 2 fully saturated rings. The first kappa shape index (κ1) is 15.8. The standard InChI is InChI=1S/C16H31N3O/c1-3-13-11-19(10-9-15(13)17)12-16(20)18(2)14-7-5-4-6-8-14/h13-15H,3-12,17H2,1-2H3. The van der Waals surface area contributed by atoms with E-state index in [0.29, 0.717) is 30.5 Å². The summed E-state index contributed by atoms with van der Waals surface area (Å²) in [6, 6.07) is 0.799. The zero-order valence-electron chi connectivity index (χ0n) is 13.2. The highest BCUT2D eigenvalue weighted by molar-refractivity contribution is 5.78. The number of amides is 1. The van der Waals surface area contributed by atoms with Crippen molar-refractivity contribution < 1.29 is 4.79 Å². The fraction of sp³-hybridized carbons (Fsp3) is 0.938. The summed E-state index contributed by atoms with van der Waals surface area (Å²) in [6.07, 6.45) is 8.40. The Morgan fingerprint density at radius 2 is 1.95 bits per heavy atom. The number of piperidine rings is 1. The summed E-state index contributed by atoms with van der Waals surface area (Å²) < 4.78 is 0. The molecule has 0 radical (unpaired) electrons. The van der Waals surface area contributed by atoms with Gasteiger partial charge in [-0.3, -0.25) is 9.69 Å². The van der Waals surface area contributed by atoms with Crippen molar-refractivity contribution >= 4 is 5.91 Å². The van der Waals surface area contributed by atoms with Crippen LogP contribution in [0.1, 0.15) is 51.9 Å². The molecule has 20 heavy (non-hydrogen) atoms. The van der Waals surface area contributed by atoms with Gasteiger partial charge in [0.25, 0.3) is 0 Å². The topological polar surface area (TPSA) is 49.6 Å². The number of nitrogens with zero attached hydrogens (tertiary/aromatic N) is 2. The minimum atomic E-state index is 0.294. The van der Waals surface area contributed by atoms with Gasteiger partial charge in [-0.05, 0) is 25.2 Å². The second-order valence-electron chi connectivity index (χ2n) is 6.65. The molecule has 1 aliphatic carbocycles. The molecule has 2 aliphatic rings. The minimum Gasteiger partial charge on any atom is -0.342 e. The normalized spacial score (nSPS) is 29.4. The summed E-state index contributed by atoms with van der Waals surface area (Å²) in [5.74, 6) is 0.846. The number of hydrogen-bond donors (Lipinski definition) is 1. The molecule has 0 aromatic rings. The Hall–Kier alpha value is -0.610. The van der Waals surface area contributed by atoms with Crippen LogP contribution in [0.25, 0.3) is 0 Å². The molecule has 0 aromatic heterocycles. The number of nitrogens with two attached hydrogens (primary N) is 1. The first-order valence-electron chi connectivity index (χ1n) is 8.35. The molecular weight excluding hydrogens is 250 g/mol. The van der Waals surface area contributed by atoms with Crippen LogP contribution in [0.2, 0.25) is 0 Å². The molecular formula is C16H31N3O. The Kier molecular flexibility index (Phi) is 5.85. The van der Waals surface area contributed by atoms with E-state index in [4.69, 9.17) is 5.73 Å². The maximum Gasteiger partial charge on any atom is 0.236 e. The molecule has 116 valence electrons. The van der Waals surface area contributed by atoms with Gasteiger partial charge in [0.2, 0.25) is 5.91 Å². The van der Waals surface area contributed by atoms with Gasteiger partial charge in [0.15, 0.2) is 0 Å². The van der Waals surface area contributed by atoms with Crippen LogP contribution in [0.4, 0.5) is 0 Å². The quantitative estimate of drug-likeness (QED) is 0.855. The number of carbonyl (C=O) groups is 1. The van der Waals surface area contributed by atoms with Gasteiger partial charge in [0, 0.05) is 32.2 Å². The summed E-state index contributed by atoms with van der Waals surface area (Å²) in [7, 11) is 1.99. The summed E-state index contributed by atoms with van der Waals surface area (Å²) in [6.45, 7) is 4.74. The molecule has 1 amide bonds. The van der Waals surface area contributed by atoms with Crippen LogP contribution in [-0.4, -0.2) is 54.5 Å². The largest absolute Gasteiger partial charge is 0.342 e. The van der Waals surface area contributed by atoms with Gasteiger partial charge >= 0.3 is 0 Å². The van der Waals surface area contributed by atoms with E-state index in [2.05, 4.69) is 11.8 Å². The van der Waals surface area contributed by atoms with Crippen molar-refractivity contribution in [2.45, 2.75) is 64.0 Å². The van der Waals surface area contributed by atoms with Crippen LogP contribution >= 0.6 is 0 Å². The lowest BCUT2D eigenvalue weighted by Gasteiger charge is -2.38. The van der Waals surface area contributed by atoms with E-state index in [9.17, 15) is 4.79 Å². The first-order valence-corrected chi connectivity index (χ1v) is 8.35. The summed E-state index contributed by atoms with van der Waals surface area (Å²) >= 11 is 0. The third-order valence-electron chi connectivity index (χ3n) is 5.28. The van der Waals surface area contributed by atoms with E-state index in [1.807, 2.05) is 11.9 Å². The second kappa shape index (κ2) is 7.41. The smallest absolute Gasteiger partial charge is 0.236 e. The predicted molar refractivity (Wildman–Crippen MR) is 82.5 cm³/mol. The molecule has 1 heterocycles. The number of carbonyl (C=O) groups excluding carboxylic acids is 1. The van der Waals surface area contributed by atoms with Gasteiger partial charge < -0.3 is 10.6 Å². The SMILES string of the molecule is CCC1CN(CC(=O)N(C)C2CCCCC2)CCC1N. The van der Waals surface area contributed by atoms with Gasteiger partial charge in [-0.25, -0.2) is 0 Å². The molecule has 0 aromatic carbocycles. The van der Waals surface area contributed by atoms with Crippen LogP contribution in [0.15, 0.2) is 0 Å². The third kappa shape index (κ3) is 3.95. The maximum absolute atomic E-state index is 12.4. The maximum atomic E-state index is 12.4. The van der Waals surface area contributed by atoms with Crippen LogP contribution in [0, 0.1) is 5.92 Å². The Morgan fingerprint density at radius 3 is 2.60 bits per heavy atom. The van der Waals surface area contributed by atoms with Crippen molar-refractivity contribution in [1.29, 1.82) is 0 Å². The first-order chi connectivity index (χ1) is 9.61. The molecule has 4 nitrogen and oxygen atoms in total. The van der Waals surface area contributed by atoms with Gasteiger partial charge in [0.05, 0.1) is 6.54 Å². The van der Waals surface area contributed by atoms with Crippen molar-refractivity contribution in [2.75, 3.05) is 26.7 Å². The summed E-state index contributed by atoms with van der Waals surface area (Å²) in [5, 5.41) is 0. The fourth-order valence-electron chi connectivity index (χ4n) is 3.68. The molecule has 2 rings (SSSR count). The second-order valence-corrected chi connectivity index (χ2v) is 6.65. The Balaban J connectivity index is 1.81. The highest BCUT2D eigenvalue weighted by atomic mass is 16.2. The molecule has 1 aliphatic heterocycles. The Bertz CT molecular complexity index is 315. The lowest BCUT2D eigenvalue weighted by atomic mass is 9.90. The van der Waals surface area contributed by atoms with Crippen molar-refractivity contribution in [2.24, 2.45) is 11.7 Å². The van der Waals surface area contributed by atoms with E-state index < -0.39 is 0 Å².